The molecule has 0 spiro atoms. The van der Waals surface area contributed by atoms with E-state index in [0.29, 0.717) is 17.4 Å². The van der Waals surface area contributed by atoms with E-state index in [1.807, 2.05) is 0 Å². The van der Waals surface area contributed by atoms with Gasteiger partial charge in [-0.05, 0) is 30.5 Å². The Kier molecular flexibility index (Phi) is 5.41. The summed E-state index contributed by atoms with van der Waals surface area (Å²) < 4.78 is 13.1. The lowest BCUT2D eigenvalue weighted by molar-refractivity contribution is 0.102. The minimum absolute atomic E-state index is 0.228. The first-order valence-corrected chi connectivity index (χ1v) is 7.17. The highest BCUT2D eigenvalue weighted by Gasteiger charge is 2.09. The largest absolute Gasteiger partial charge is 0.370 e. The molecule has 0 aliphatic carbocycles. The molecule has 0 atom stereocenters. The summed E-state index contributed by atoms with van der Waals surface area (Å²) in [5.41, 5.74) is 0.615. The zero-order chi connectivity index (χ0) is 15.9. The smallest absolute Gasteiger partial charge is 0.274 e. The highest BCUT2D eigenvalue weighted by atomic mass is 19.1. The number of hydrogen-bond acceptors (Lipinski definition) is 4. The fraction of sp³-hybridized carbons (Fsp3) is 0.312. The topological polar surface area (TPSA) is 66.9 Å². The molecular weight excluding hydrogens is 283 g/mol. The van der Waals surface area contributed by atoms with Gasteiger partial charge in [-0.2, -0.15) is 0 Å². The molecule has 2 aromatic rings. The van der Waals surface area contributed by atoms with Crippen LogP contribution in [0.25, 0.3) is 0 Å². The molecule has 116 valence electrons. The third kappa shape index (κ3) is 4.80. The van der Waals surface area contributed by atoms with Crippen LogP contribution in [-0.2, 0) is 0 Å². The molecule has 2 N–H and O–H groups in total. The van der Waals surface area contributed by atoms with Crippen LogP contribution in [0, 0.1) is 11.7 Å². The highest BCUT2D eigenvalue weighted by molar-refractivity contribution is 6.03. The van der Waals surface area contributed by atoms with E-state index < -0.39 is 11.7 Å². The molecule has 1 aromatic heterocycles. The number of benzene rings is 1. The lowest BCUT2D eigenvalue weighted by atomic mass is 10.1. The van der Waals surface area contributed by atoms with Crippen molar-refractivity contribution in [3.63, 3.8) is 0 Å². The maximum absolute atomic E-state index is 13.1. The van der Waals surface area contributed by atoms with Crippen molar-refractivity contribution in [2.45, 2.75) is 20.3 Å². The van der Waals surface area contributed by atoms with Gasteiger partial charge in [-0.15, -0.1) is 0 Å². The van der Waals surface area contributed by atoms with Gasteiger partial charge in [0.25, 0.3) is 5.91 Å². The molecule has 1 aromatic carbocycles. The van der Waals surface area contributed by atoms with Gasteiger partial charge in [0.15, 0.2) is 0 Å². The van der Waals surface area contributed by atoms with Crippen molar-refractivity contribution in [3.05, 3.63) is 48.2 Å². The van der Waals surface area contributed by atoms with Gasteiger partial charge in [-0.1, -0.05) is 19.9 Å². The summed E-state index contributed by atoms with van der Waals surface area (Å²) in [6.07, 6.45) is 2.34. The molecule has 6 heteroatoms. The van der Waals surface area contributed by atoms with E-state index in [0.717, 1.165) is 13.0 Å². The molecule has 2 rings (SSSR count). The van der Waals surface area contributed by atoms with Crippen LogP contribution in [-0.4, -0.2) is 22.4 Å². The van der Waals surface area contributed by atoms with Gasteiger partial charge < -0.3 is 10.6 Å². The van der Waals surface area contributed by atoms with E-state index in [9.17, 15) is 9.18 Å². The van der Waals surface area contributed by atoms with Gasteiger partial charge in [-0.25, -0.2) is 14.4 Å². The third-order valence-electron chi connectivity index (χ3n) is 3.01. The number of hydrogen-bond donors (Lipinski definition) is 2. The van der Waals surface area contributed by atoms with Gasteiger partial charge in [0.2, 0.25) is 0 Å². The van der Waals surface area contributed by atoms with Crippen LogP contribution in [0.3, 0.4) is 0 Å². The second-order valence-corrected chi connectivity index (χ2v) is 5.36. The van der Waals surface area contributed by atoms with E-state index in [4.69, 9.17) is 0 Å². The first-order valence-electron chi connectivity index (χ1n) is 7.17. The SMILES string of the molecule is CC(C)CCNc1cc(C(=O)Nc2cccc(F)c2)ncn1. The molecule has 1 amide bonds. The number of anilines is 2. The maximum Gasteiger partial charge on any atom is 0.274 e. The highest BCUT2D eigenvalue weighted by Crippen LogP contribution is 2.12. The summed E-state index contributed by atoms with van der Waals surface area (Å²) in [6.45, 7) is 5.05. The molecule has 0 aliphatic heterocycles. The standard InChI is InChI=1S/C16H19FN4O/c1-11(2)6-7-18-15-9-14(19-10-20-15)16(22)21-13-5-3-4-12(17)8-13/h3-5,8-11H,6-7H2,1-2H3,(H,21,22)(H,18,19,20). The predicted molar refractivity (Wildman–Crippen MR) is 84.3 cm³/mol. The fourth-order valence-electron chi connectivity index (χ4n) is 1.83. The maximum atomic E-state index is 13.1. The Morgan fingerprint density at radius 1 is 1.27 bits per heavy atom. The monoisotopic (exact) mass is 302 g/mol. The second-order valence-electron chi connectivity index (χ2n) is 5.36. The quantitative estimate of drug-likeness (QED) is 0.859. The van der Waals surface area contributed by atoms with E-state index in [-0.39, 0.29) is 5.69 Å². The normalized spacial score (nSPS) is 10.5. The average molecular weight is 302 g/mol. The summed E-state index contributed by atoms with van der Waals surface area (Å²) in [6, 6.07) is 7.29. The minimum atomic E-state index is -0.406. The van der Waals surface area contributed by atoms with Crippen molar-refractivity contribution in [1.82, 2.24) is 9.97 Å². The predicted octanol–water partition coefficient (Wildman–Crippen LogP) is 3.33. The Morgan fingerprint density at radius 2 is 2.09 bits per heavy atom. The Balaban J connectivity index is 2.00. The number of halogens is 1. The van der Waals surface area contributed by atoms with Crippen LogP contribution in [0.4, 0.5) is 15.9 Å². The van der Waals surface area contributed by atoms with Crippen LogP contribution < -0.4 is 10.6 Å². The van der Waals surface area contributed by atoms with Crippen molar-refractivity contribution >= 4 is 17.4 Å². The van der Waals surface area contributed by atoms with Crippen molar-refractivity contribution in [2.75, 3.05) is 17.2 Å². The molecule has 0 unspecified atom stereocenters. The zero-order valence-electron chi connectivity index (χ0n) is 12.6. The Morgan fingerprint density at radius 3 is 2.82 bits per heavy atom. The van der Waals surface area contributed by atoms with Crippen LogP contribution >= 0.6 is 0 Å². The molecule has 0 radical (unpaired) electrons. The molecule has 0 saturated heterocycles. The number of amides is 1. The van der Waals surface area contributed by atoms with E-state index in [1.54, 1.807) is 12.1 Å². The molecular formula is C16H19FN4O. The van der Waals surface area contributed by atoms with E-state index in [1.165, 1.54) is 24.5 Å². The van der Waals surface area contributed by atoms with Crippen LogP contribution in [0.2, 0.25) is 0 Å². The van der Waals surface area contributed by atoms with Crippen molar-refractivity contribution in [1.29, 1.82) is 0 Å². The number of rotatable bonds is 6. The van der Waals surface area contributed by atoms with Crippen molar-refractivity contribution in [2.24, 2.45) is 5.92 Å². The number of nitrogens with one attached hydrogen (secondary N) is 2. The van der Waals surface area contributed by atoms with E-state index >= 15 is 0 Å². The van der Waals surface area contributed by atoms with Gasteiger partial charge in [0, 0.05) is 18.3 Å². The number of nitrogens with zero attached hydrogens (tertiary/aromatic N) is 2. The third-order valence-corrected chi connectivity index (χ3v) is 3.01. The minimum Gasteiger partial charge on any atom is -0.370 e. The summed E-state index contributed by atoms with van der Waals surface area (Å²) in [4.78, 5) is 20.1. The van der Waals surface area contributed by atoms with Crippen LogP contribution in [0.15, 0.2) is 36.7 Å². The summed E-state index contributed by atoms with van der Waals surface area (Å²) in [5, 5.41) is 5.76. The summed E-state index contributed by atoms with van der Waals surface area (Å²) >= 11 is 0. The summed E-state index contributed by atoms with van der Waals surface area (Å²) in [7, 11) is 0. The number of carbonyl (C=O) groups excluding carboxylic acids is 1. The molecule has 0 aliphatic rings. The average Bonchev–Trinajstić information content (AvgIpc) is 2.47. The lowest BCUT2D eigenvalue weighted by Gasteiger charge is -2.09. The first-order chi connectivity index (χ1) is 10.5. The number of carbonyl (C=O) groups is 1. The molecule has 0 fully saturated rings. The van der Waals surface area contributed by atoms with Crippen LogP contribution in [0.5, 0.6) is 0 Å². The van der Waals surface area contributed by atoms with Gasteiger partial charge in [0.05, 0.1) is 0 Å². The fourth-order valence-corrected chi connectivity index (χ4v) is 1.83. The summed E-state index contributed by atoms with van der Waals surface area (Å²) in [5.74, 6) is 0.376. The number of aromatic nitrogens is 2. The Bertz CT molecular complexity index is 646. The van der Waals surface area contributed by atoms with Crippen LogP contribution in [0.1, 0.15) is 30.8 Å². The molecule has 22 heavy (non-hydrogen) atoms. The molecule has 0 saturated carbocycles. The van der Waals surface area contributed by atoms with Gasteiger partial charge >= 0.3 is 0 Å². The second kappa shape index (κ2) is 7.49. The molecule has 5 nitrogen and oxygen atoms in total. The zero-order valence-corrected chi connectivity index (χ0v) is 12.6. The van der Waals surface area contributed by atoms with Crippen molar-refractivity contribution < 1.29 is 9.18 Å². The molecule has 1 heterocycles. The molecule has 0 bridgehead atoms. The Hall–Kier alpha value is -2.50. The van der Waals surface area contributed by atoms with Gasteiger partial charge in [-0.3, -0.25) is 4.79 Å². The van der Waals surface area contributed by atoms with Gasteiger partial charge in [0.1, 0.15) is 23.7 Å². The van der Waals surface area contributed by atoms with Crippen molar-refractivity contribution in [3.8, 4) is 0 Å². The Labute approximate surface area is 129 Å². The van der Waals surface area contributed by atoms with E-state index in [2.05, 4.69) is 34.4 Å². The lowest BCUT2D eigenvalue weighted by Crippen LogP contribution is -2.15. The first kappa shape index (κ1) is 15.9.